The van der Waals surface area contributed by atoms with Crippen LogP contribution in [-0.2, 0) is 9.26 Å². The molecular weight excluding hydrogens is 197 g/mol. The first-order valence-corrected chi connectivity index (χ1v) is 6.69. The fourth-order valence-corrected chi connectivity index (χ4v) is 3.58. The van der Waals surface area contributed by atoms with Gasteiger partial charge < -0.3 is 9.26 Å². The molecule has 3 atom stereocenters. The second-order valence-electron chi connectivity index (χ2n) is 3.93. The monoisotopic (exact) mass is 219 g/mol. The van der Waals surface area contributed by atoms with Gasteiger partial charge in [0.1, 0.15) is 8.30 Å². The minimum absolute atomic E-state index is 0.407. The Labute approximate surface area is 88.6 Å². The van der Waals surface area contributed by atoms with Crippen molar-refractivity contribution in [1.82, 2.24) is 4.67 Å². The van der Waals surface area contributed by atoms with Gasteiger partial charge in [-0.15, -0.1) is 0 Å². The summed E-state index contributed by atoms with van der Waals surface area (Å²) in [6.45, 7) is 3.14. The van der Waals surface area contributed by atoms with E-state index in [4.69, 9.17) is 9.26 Å². The molecular formula is C10H22NO2P. The summed E-state index contributed by atoms with van der Waals surface area (Å²) in [6, 6.07) is 0. The topological polar surface area (TPSA) is 21.7 Å². The van der Waals surface area contributed by atoms with Crippen LogP contribution >= 0.6 is 8.30 Å². The molecule has 0 aromatic heterocycles. The first kappa shape index (κ1) is 12.4. The van der Waals surface area contributed by atoms with Crippen molar-refractivity contribution in [2.24, 2.45) is 5.92 Å². The summed E-state index contributed by atoms with van der Waals surface area (Å²) in [5, 5.41) is 0. The fourth-order valence-electron chi connectivity index (χ4n) is 1.95. The first-order valence-electron chi connectivity index (χ1n) is 5.29. The summed E-state index contributed by atoms with van der Waals surface area (Å²) in [5.41, 5.74) is 0. The first-order chi connectivity index (χ1) is 6.69. The van der Waals surface area contributed by atoms with Crippen LogP contribution in [0, 0.1) is 5.92 Å². The molecule has 14 heavy (non-hydrogen) atoms. The zero-order chi connectivity index (χ0) is 10.6. The van der Waals surface area contributed by atoms with Crippen LogP contribution in [0.15, 0.2) is 0 Å². The normalized spacial score (nSPS) is 29.8. The molecule has 3 unspecified atom stereocenters. The van der Waals surface area contributed by atoms with E-state index >= 15 is 0 Å². The molecule has 0 aromatic carbocycles. The quantitative estimate of drug-likeness (QED) is 0.662. The lowest BCUT2D eigenvalue weighted by Crippen LogP contribution is -2.21. The van der Waals surface area contributed by atoms with E-state index in [9.17, 15) is 0 Å². The van der Waals surface area contributed by atoms with Crippen LogP contribution in [0.5, 0.6) is 0 Å². The van der Waals surface area contributed by atoms with Gasteiger partial charge >= 0.3 is 0 Å². The summed E-state index contributed by atoms with van der Waals surface area (Å²) in [7, 11) is 5.58. The molecule has 0 aromatic rings. The molecule has 0 N–H and O–H groups in total. The van der Waals surface area contributed by atoms with Crippen molar-refractivity contribution in [1.29, 1.82) is 0 Å². The molecule has 1 saturated heterocycles. The molecule has 84 valence electrons. The largest absolute Gasteiger partial charge is 0.378 e. The lowest BCUT2D eigenvalue weighted by Gasteiger charge is -2.26. The van der Waals surface area contributed by atoms with Crippen LogP contribution in [0.4, 0.5) is 0 Å². The van der Waals surface area contributed by atoms with Gasteiger partial charge in [0.25, 0.3) is 0 Å². The molecule has 0 aliphatic carbocycles. The Kier molecular flexibility index (Phi) is 5.32. The summed E-state index contributed by atoms with van der Waals surface area (Å²) >= 11 is 0. The molecule has 0 saturated carbocycles. The van der Waals surface area contributed by atoms with Crippen LogP contribution < -0.4 is 0 Å². The zero-order valence-corrected chi connectivity index (χ0v) is 10.6. The van der Waals surface area contributed by atoms with Gasteiger partial charge in [0.05, 0.1) is 6.10 Å². The van der Waals surface area contributed by atoms with Crippen LogP contribution in [0.3, 0.4) is 0 Å². The van der Waals surface area contributed by atoms with E-state index in [2.05, 4.69) is 25.7 Å². The van der Waals surface area contributed by atoms with E-state index in [1.54, 1.807) is 0 Å². The maximum Gasteiger partial charge on any atom is 0.103 e. The molecule has 1 aliphatic rings. The Morgan fingerprint density at radius 1 is 1.50 bits per heavy atom. The highest BCUT2D eigenvalue weighted by Gasteiger charge is 2.29. The molecule has 4 heteroatoms. The highest BCUT2D eigenvalue weighted by Crippen LogP contribution is 2.43. The lowest BCUT2D eigenvalue weighted by atomic mass is 10.0. The van der Waals surface area contributed by atoms with Crippen molar-refractivity contribution in [3.63, 3.8) is 0 Å². The van der Waals surface area contributed by atoms with Crippen molar-refractivity contribution >= 4 is 8.30 Å². The maximum atomic E-state index is 5.68. The van der Waals surface area contributed by atoms with Crippen LogP contribution in [0.2, 0.25) is 0 Å². The smallest absolute Gasteiger partial charge is 0.103 e. The Hall–Kier alpha value is 0.310. The van der Waals surface area contributed by atoms with E-state index in [1.165, 1.54) is 6.42 Å². The molecule has 1 aliphatic heterocycles. The fraction of sp³-hybridized carbons (Fsp3) is 1.00. The Morgan fingerprint density at radius 3 is 2.71 bits per heavy atom. The van der Waals surface area contributed by atoms with Crippen molar-refractivity contribution < 1.29 is 9.26 Å². The lowest BCUT2D eigenvalue weighted by molar-refractivity contribution is 0.0913. The Balaban J connectivity index is 2.41. The van der Waals surface area contributed by atoms with E-state index in [0.29, 0.717) is 12.0 Å². The number of ether oxygens (including phenoxy) is 1. The summed E-state index contributed by atoms with van der Waals surface area (Å²) in [4.78, 5) is 0. The third-order valence-corrected chi connectivity index (χ3v) is 4.89. The molecule has 1 fully saturated rings. The molecule has 0 amide bonds. The highest BCUT2D eigenvalue weighted by atomic mass is 31.2. The van der Waals surface area contributed by atoms with E-state index in [-0.39, 0.29) is 0 Å². The molecule has 0 spiro atoms. The Morgan fingerprint density at radius 2 is 2.21 bits per heavy atom. The Bertz CT molecular complexity index is 166. The minimum atomic E-state index is -0.407. The third kappa shape index (κ3) is 3.16. The van der Waals surface area contributed by atoms with Crippen molar-refractivity contribution in [2.75, 3.05) is 34.0 Å². The second-order valence-corrected chi connectivity index (χ2v) is 6.17. The second kappa shape index (κ2) is 6.02. The average molecular weight is 219 g/mol. The van der Waals surface area contributed by atoms with Crippen molar-refractivity contribution in [3.05, 3.63) is 0 Å². The van der Waals surface area contributed by atoms with E-state index in [1.807, 2.05) is 7.11 Å². The third-order valence-electron chi connectivity index (χ3n) is 2.80. The number of nitrogens with zero attached hydrogens (tertiary/aromatic N) is 1. The van der Waals surface area contributed by atoms with Crippen LogP contribution in [-0.4, -0.2) is 44.7 Å². The van der Waals surface area contributed by atoms with Gasteiger partial charge in [0.15, 0.2) is 0 Å². The molecule has 0 bridgehead atoms. The predicted molar refractivity (Wildman–Crippen MR) is 60.6 cm³/mol. The number of hydrogen-bond acceptors (Lipinski definition) is 3. The number of rotatable bonds is 5. The van der Waals surface area contributed by atoms with Crippen molar-refractivity contribution in [3.8, 4) is 0 Å². The predicted octanol–water partition coefficient (Wildman–Crippen LogP) is 2.32. The molecule has 0 radical (unpaired) electrons. The SMILES string of the molecule is CCC1OCCC1CP(OC)N(C)C. The van der Waals surface area contributed by atoms with Gasteiger partial charge in [0, 0.05) is 19.9 Å². The van der Waals surface area contributed by atoms with Crippen molar-refractivity contribution in [2.45, 2.75) is 25.9 Å². The van der Waals surface area contributed by atoms with Gasteiger partial charge in [-0.2, -0.15) is 0 Å². The summed E-state index contributed by atoms with van der Waals surface area (Å²) in [5.74, 6) is 0.702. The summed E-state index contributed by atoms with van der Waals surface area (Å²) in [6.07, 6.45) is 3.95. The van der Waals surface area contributed by atoms with Gasteiger partial charge in [-0.3, -0.25) is 4.67 Å². The molecule has 1 heterocycles. The van der Waals surface area contributed by atoms with Crippen LogP contribution in [0.25, 0.3) is 0 Å². The minimum Gasteiger partial charge on any atom is -0.378 e. The highest BCUT2D eigenvalue weighted by molar-refractivity contribution is 7.49. The van der Waals surface area contributed by atoms with Gasteiger partial charge in [-0.1, -0.05) is 6.92 Å². The molecule has 3 nitrogen and oxygen atoms in total. The van der Waals surface area contributed by atoms with Gasteiger partial charge in [0.2, 0.25) is 0 Å². The standard InChI is InChI=1S/C10H22NO2P/c1-5-10-9(6-7-13-10)8-14(12-4)11(2)3/h9-10H,5-8H2,1-4H3. The van der Waals surface area contributed by atoms with Gasteiger partial charge in [-0.05, 0) is 32.9 Å². The number of hydrogen-bond donors (Lipinski definition) is 0. The van der Waals surface area contributed by atoms with Crippen LogP contribution in [0.1, 0.15) is 19.8 Å². The van der Waals surface area contributed by atoms with E-state index < -0.39 is 8.30 Å². The summed E-state index contributed by atoms with van der Waals surface area (Å²) < 4.78 is 13.4. The maximum absolute atomic E-state index is 5.68. The van der Waals surface area contributed by atoms with E-state index in [0.717, 1.165) is 19.2 Å². The average Bonchev–Trinajstić information content (AvgIpc) is 2.60. The van der Waals surface area contributed by atoms with Gasteiger partial charge in [-0.25, -0.2) is 0 Å². The molecule has 1 rings (SSSR count). The zero-order valence-electron chi connectivity index (χ0n) is 9.69.